The van der Waals surface area contributed by atoms with Gasteiger partial charge in [-0.1, -0.05) is 46.9 Å². The number of sulfonamides is 1. The minimum absolute atomic E-state index is 0.174. The molecule has 0 aliphatic heterocycles. The van der Waals surface area contributed by atoms with Gasteiger partial charge in [0, 0.05) is 15.1 Å². The van der Waals surface area contributed by atoms with Gasteiger partial charge in [0.25, 0.3) is 5.91 Å². The molecule has 0 unspecified atom stereocenters. The molecule has 7 nitrogen and oxygen atoms in total. The molecule has 0 atom stereocenters. The molecule has 3 aromatic carbocycles. The summed E-state index contributed by atoms with van der Waals surface area (Å²) in [5.74, 6) is 0.0180. The molecule has 178 valence electrons. The normalized spacial score (nSPS) is 11.4. The maximum atomic E-state index is 12.3. The molecule has 11 heteroatoms. The highest BCUT2D eigenvalue weighted by atomic mass is 35.5. The van der Waals surface area contributed by atoms with Gasteiger partial charge in [0.15, 0.2) is 0 Å². The lowest BCUT2D eigenvalue weighted by Crippen LogP contribution is -2.39. The molecule has 0 heterocycles. The zero-order valence-electron chi connectivity index (χ0n) is 17.9. The summed E-state index contributed by atoms with van der Waals surface area (Å²) in [5.41, 5.74) is 4.14. The fourth-order valence-corrected chi connectivity index (χ4v) is 4.44. The molecule has 1 amide bonds. The predicted octanol–water partition coefficient (Wildman–Crippen LogP) is 5.14. The van der Waals surface area contributed by atoms with Crippen molar-refractivity contribution in [1.82, 2.24) is 5.43 Å². The second kappa shape index (κ2) is 11.6. The van der Waals surface area contributed by atoms with Crippen molar-refractivity contribution < 1.29 is 17.9 Å². The Hall–Kier alpha value is -2.78. The highest BCUT2D eigenvalue weighted by Gasteiger charge is 2.21. The second-order valence-corrected chi connectivity index (χ2v) is 10.4. The third-order valence-corrected chi connectivity index (χ3v) is 6.21. The Morgan fingerprint density at radius 2 is 1.68 bits per heavy atom. The Balaban J connectivity index is 1.57. The van der Waals surface area contributed by atoms with E-state index in [1.807, 2.05) is 18.2 Å². The van der Waals surface area contributed by atoms with E-state index < -0.39 is 22.5 Å². The van der Waals surface area contributed by atoms with Crippen molar-refractivity contribution >= 4 is 62.6 Å². The first-order valence-electron chi connectivity index (χ1n) is 9.83. The molecular formula is C23H20Cl3N3O4S. The van der Waals surface area contributed by atoms with Crippen molar-refractivity contribution in [2.24, 2.45) is 5.10 Å². The highest BCUT2D eigenvalue weighted by Crippen LogP contribution is 2.26. The van der Waals surface area contributed by atoms with Crippen molar-refractivity contribution in [3.63, 3.8) is 0 Å². The zero-order valence-corrected chi connectivity index (χ0v) is 21.0. The summed E-state index contributed by atoms with van der Waals surface area (Å²) in [6.07, 6.45) is 2.41. The Labute approximate surface area is 212 Å². The summed E-state index contributed by atoms with van der Waals surface area (Å²) in [6.45, 7) is -0.123. The van der Waals surface area contributed by atoms with Crippen LogP contribution in [0.2, 0.25) is 15.1 Å². The average Bonchev–Trinajstić information content (AvgIpc) is 2.75. The van der Waals surface area contributed by atoms with E-state index >= 15 is 0 Å². The van der Waals surface area contributed by atoms with Crippen molar-refractivity contribution in [2.45, 2.75) is 6.61 Å². The van der Waals surface area contributed by atoms with Crippen LogP contribution in [0, 0.1) is 0 Å². The molecule has 0 saturated heterocycles. The van der Waals surface area contributed by atoms with Gasteiger partial charge in [-0.15, -0.1) is 0 Å². The number of ether oxygens (including phenoxy) is 1. The molecule has 3 aromatic rings. The number of hydrogen-bond donors (Lipinski definition) is 1. The molecule has 0 fully saturated rings. The van der Waals surface area contributed by atoms with Gasteiger partial charge < -0.3 is 4.74 Å². The number of rotatable bonds is 9. The molecular weight excluding hydrogens is 521 g/mol. The predicted molar refractivity (Wildman–Crippen MR) is 137 cm³/mol. The Bertz CT molecular complexity index is 1280. The van der Waals surface area contributed by atoms with E-state index in [4.69, 9.17) is 39.5 Å². The van der Waals surface area contributed by atoms with Crippen LogP contribution < -0.4 is 14.5 Å². The van der Waals surface area contributed by atoms with Gasteiger partial charge in [0.05, 0.1) is 18.2 Å². The molecule has 34 heavy (non-hydrogen) atoms. The summed E-state index contributed by atoms with van der Waals surface area (Å²) in [5, 5.41) is 5.02. The number of nitrogens with one attached hydrogen (secondary N) is 1. The molecule has 0 radical (unpaired) electrons. The minimum atomic E-state index is -3.77. The number of carbonyl (C=O) groups is 1. The van der Waals surface area contributed by atoms with Crippen LogP contribution in [0.1, 0.15) is 11.1 Å². The lowest BCUT2D eigenvalue weighted by Gasteiger charge is -2.21. The van der Waals surface area contributed by atoms with Crippen LogP contribution in [0.15, 0.2) is 71.8 Å². The first-order chi connectivity index (χ1) is 16.1. The second-order valence-electron chi connectivity index (χ2n) is 7.18. The first kappa shape index (κ1) is 25.8. The van der Waals surface area contributed by atoms with Gasteiger partial charge >= 0.3 is 0 Å². The Morgan fingerprint density at radius 3 is 2.29 bits per heavy atom. The van der Waals surface area contributed by atoms with Crippen LogP contribution in [-0.2, 0) is 21.4 Å². The van der Waals surface area contributed by atoms with Crippen LogP contribution in [0.4, 0.5) is 5.69 Å². The van der Waals surface area contributed by atoms with Gasteiger partial charge in [-0.05, 0) is 65.7 Å². The van der Waals surface area contributed by atoms with Crippen LogP contribution in [-0.4, -0.2) is 33.3 Å². The van der Waals surface area contributed by atoms with Crippen molar-refractivity contribution in [3.8, 4) is 5.75 Å². The van der Waals surface area contributed by atoms with Gasteiger partial charge in [0.1, 0.15) is 18.9 Å². The molecule has 1 N–H and O–H groups in total. The Kier molecular flexibility index (Phi) is 8.79. The van der Waals surface area contributed by atoms with Crippen LogP contribution in [0.3, 0.4) is 0 Å². The van der Waals surface area contributed by atoms with E-state index in [-0.39, 0.29) is 15.7 Å². The third kappa shape index (κ3) is 7.92. The largest absolute Gasteiger partial charge is 0.489 e. The summed E-state index contributed by atoms with van der Waals surface area (Å²) in [6, 6.07) is 18.7. The molecule has 3 rings (SSSR count). The summed E-state index contributed by atoms with van der Waals surface area (Å²) < 4.78 is 31.0. The maximum absolute atomic E-state index is 12.3. The number of halogens is 3. The average molecular weight is 541 g/mol. The standard InChI is InChI=1S/C23H20Cl3N3O4S/c1-34(31,32)29(21-11-19(25)10-20(26)12-21)14-23(30)28-27-13-16-5-7-22(8-6-16)33-15-17-3-2-4-18(24)9-17/h2-13H,14-15H2,1H3,(H,28,30)/b27-13-. The molecule has 0 aliphatic carbocycles. The molecule has 0 saturated carbocycles. The van der Waals surface area contributed by atoms with Gasteiger partial charge in [-0.3, -0.25) is 9.10 Å². The number of hydrazone groups is 1. The SMILES string of the molecule is CS(=O)(=O)N(CC(=O)N/N=C\c1ccc(OCc2cccc(Cl)c2)cc1)c1cc(Cl)cc(Cl)c1. The number of amides is 1. The number of anilines is 1. The summed E-state index contributed by atoms with van der Waals surface area (Å²) in [4.78, 5) is 12.3. The number of nitrogens with zero attached hydrogens (tertiary/aromatic N) is 2. The smallest absolute Gasteiger partial charge is 0.260 e. The van der Waals surface area contributed by atoms with Gasteiger partial charge in [-0.2, -0.15) is 5.10 Å². The van der Waals surface area contributed by atoms with E-state index in [1.54, 1.807) is 30.3 Å². The minimum Gasteiger partial charge on any atom is -0.489 e. The molecule has 0 aliphatic rings. The lowest BCUT2D eigenvalue weighted by molar-refractivity contribution is -0.119. The number of hydrogen-bond acceptors (Lipinski definition) is 5. The monoisotopic (exact) mass is 539 g/mol. The summed E-state index contributed by atoms with van der Waals surface area (Å²) in [7, 11) is -3.77. The highest BCUT2D eigenvalue weighted by molar-refractivity contribution is 7.92. The van der Waals surface area contributed by atoms with Crippen LogP contribution >= 0.6 is 34.8 Å². The first-order valence-corrected chi connectivity index (χ1v) is 12.8. The molecule has 0 spiro atoms. The van der Waals surface area contributed by atoms with Gasteiger partial charge in [-0.25, -0.2) is 13.8 Å². The van der Waals surface area contributed by atoms with E-state index in [0.29, 0.717) is 22.9 Å². The number of carbonyl (C=O) groups excluding carboxylic acids is 1. The summed E-state index contributed by atoms with van der Waals surface area (Å²) >= 11 is 17.9. The fourth-order valence-electron chi connectivity index (χ4n) is 2.87. The third-order valence-electron chi connectivity index (χ3n) is 4.40. The van der Waals surface area contributed by atoms with E-state index in [1.165, 1.54) is 24.4 Å². The Morgan fingerprint density at radius 1 is 1.00 bits per heavy atom. The lowest BCUT2D eigenvalue weighted by atomic mass is 10.2. The van der Waals surface area contributed by atoms with Crippen LogP contribution in [0.25, 0.3) is 0 Å². The topological polar surface area (TPSA) is 88.1 Å². The fraction of sp³-hybridized carbons (Fsp3) is 0.130. The van der Waals surface area contributed by atoms with E-state index in [9.17, 15) is 13.2 Å². The van der Waals surface area contributed by atoms with E-state index in [2.05, 4.69) is 10.5 Å². The van der Waals surface area contributed by atoms with Crippen LogP contribution in [0.5, 0.6) is 5.75 Å². The van der Waals surface area contributed by atoms with Crippen molar-refractivity contribution in [2.75, 3.05) is 17.1 Å². The number of benzene rings is 3. The van der Waals surface area contributed by atoms with Gasteiger partial charge in [0.2, 0.25) is 10.0 Å². The molecule has 0 bridgehead atoms. The molecule has 0 aromatic heterocycles. The van der Waals surface area contributed by atoms with Crippen molar-refractivity contribution in [1.29, 1.82) is 0 Å². The zero-order chi connectivity index (χ0) is 24.7. The maximum Gasteiger partial charge on any atom is 0.260 e. The quantitative estimate of drug-likeness (QED) is 0.301. The van der Waals surface area contributed by atoms with Crippen molar-refractivity contribution in [3.05, 3.63) is 92.9 Å². The van der Waals surface area contributed by atoms with E-state index in [0.717, 1.165) is 16.1 Å².